The summed E-state index contributed by atoms with van der Waals surface area (Å²) in [6.45, 7) is 5.50. The Kier molecular flexibility index (Phi) is 7.40. The molecule has 0 saturated carbocycles. The molecule has 1 aromatic rings. The Hall–Kier alpha value is -0.510. The molecule has 18 heavy (non-hydrogen) atoms. The van der Waals surface area contributed by atoms with Crippen LogP contribution in [0.1, 0.15) is 31.9 Å². The lowest BCUT2D eigenvalue weighted by Crippen LogP contribution is -2.31. The Morgan fingerprint density at radius 1 is 1.11 bits per heavy atom. The summed E-state index contributed by atoms with van der Waals surface area (Å²) < 4.78 is 0. The van der Waals surface area contributed by atoms with Crippen LogP contribution >= 0.6 is 11.8 Å². The molecule has 0 heterocycles. The minimum Gasteiger partial charge on any atom is -0.319 e. The van der Waals surface area contributed by atoms with Gasteiger partial charge in [-0.05, 0) is 50.0 Å². The molecule has 102 valence electrons. The van der Waals surface area contributed by atoms with E-state index in [9.17, 15) is 0 Å². The molecule has 0 aromatic heterocycles. The van der Waals surface area contributed by atoms with E-state index in [2.05, 4.69) is 55.8 Å². The molecule has 0 spiro atoms. The van der Waals surface area contributed by atoms with E-state index < -0.39 is 0 Å². The highest BCUT2D eigenvalue weighted by Crippen LogP contribution is 2.26. The van der Waals surface area contributed by atoms with Gasteiger partial charge in [-0.15, -0.1) is 11.8 Å². The van der Waals surface area contributed by atoms with Gasteiger partial charge in [-0.25, -0.2) is 0 Å². The van der Waals surface area contributed by atoms with E-state index >= 15 is 0 Å². The maximum absolute atomic E-state index is 3.46. The third kappa shape index (κ3) is 4.30. The van der Waals surface area contributed by atoms with E-state index in [-0.39, 0.29) is 0 Å². The van der Waals surface area contributed by atoms with Crippen molar-refractivity contribution in [3.63, 3.8) is 0 Å². The number of hydrogen-bond donors (Lipinski definition) is 2. The molecule has 0 saturated heterocycles. The first-order chi connectivity index (χ1) is 8.76. The van der Waals surface area contributed by atoms with E-state index in [1.807, 2.05) is 18.8 Å². The molecular weight excluding hydrogens is 240 g/mol. The van der Waals surface area contributed by atoms with Crippen molar-refractivity contribution >= 4 is 11.8 Å². The van der Waals surface area contributed by atoms with E-state index in [1.54, 1.807) is 0 Å². The van der Waals surface area contributed by atoms with Crippen LogP contribution in [0.2, 0.25) is 0 Å². The van der Waals surface area contributed by atoms with Gasteiger partial charge in [-0.3, -0.25) is 0 Å². The summed E-state index contributed by atoms with van der Waals surface area (Å²) in [5.41, 5.74) is 1.39. The smallest absolute Gasteiger partial charge is 0.0358 e. The zero-order valence-electron chi connectivity index (χ0n) is 12.0. The van der Waals surface area contributed by atoms with Crippen LogP contribution < -0.4 is 10.6 Å². The maximum Gasteiger partial charge on any atom is 0.0358 e. The van der Waals surface area contributed by atoms with Crippen LogP contribution in [0.25, 0.3) is 0 Å². The van der Waals surface area contributed by atoms with E-state index in [4.69, 9.17) is 0 Å². The second-order valence-electron chi connectivity index (χ2n) is 4.49. The van der Waals surface area contributed by atoms with Crippen molar-refractivity contribution in [1.82, 2.24) is 10.6 Å². The zero-order chi connectivity index (χ0) is 13.4. The summed E-state index contributed by atoms with van der Waals surface area (Å²) in [4.78, 5) is 1.36. The lowest BCUT2D eigenvalue weighted by molar-refractivity contribution is 0.359. The Labute approximate surface area is 116 Å². The quantitative estimate of drug-likeness (QED) is 0.706. The van der Waals surface area contributed by atoms with Crippen molar-refractivity contribution in [1.29, 1.82) is 0 Å². The lowest BCUT2D eigenvalue weighted by atomic mass is 9.91. The van der Waals surface area contributed by atoms with Gasteiger partial charge < -0.3 is 10.6 Å². The van der Waals surface area contributed by atoms with Gasteiger partial charge in [-0.1, -0.05) is 32.4 Å². The van der Waals surface area contributed by atoms with Gasteiger partial charge in [0.2, 0.25) is 0 Å². The second kappa shape index (κ2) is 8.57. The molecule has 2 atom stereocenters. The Balaban J connectivity index is 2.80. The van der Waals surface area contributed by atoms with Gasteiger partial charge in [0.25, 0.3) is 0 Å². The molecule has 1 aromatic carbocycles. The highest BCUT2D eigenvalue weighted by atomic mass is 32.2. The van der Waals surface area contributed by atoms with E-state index in [0.29, 0.717) is 12.0 Å². The normalized spacial score (nSPS) is 14.4. The van der Waals surface area contributed by atoms with Gasteiger partial charge in [0, 0.05) is 10.9 Å². The van der Waals surface area contributed by atoms with Crippen molar-refractivity contribution in [3.05, 3.63) is 29.8 Å². The number of thioether (sulfide) groups is 1. The van der Waals surface area contributed by atoms with Crippen LogP contribution in [0, 0.1) is 5.92 Å². The van der Waals surface area contributed by atoms with Crippen molar-refractivity contribution in [2.45, 2.75) is 31.2 Å². The third-order valence-corrected chi connectivity index (χ3v) is 4.22. The van der Waals surface area contributed by atoms with Crippen molar-refractivity contribution in [2.75, 3.05) is 26.4 Å². The average Bonchev–Trinajstić information content (AvgIpc) is 2.40. The number of hydrogen-bond acceptors (Lipinski definition) is 3. The topological polar surface area (TPSA) is 24.1 Å². The summed E-state index contributed by atoms with van der Waals surface area (Å²) >= 11 is 1.89. The van der Waals surface area contributed by atoms with Gasteiger partial charge in [-0.2, -0.15) is 0 Å². The highest BCUT2D eigenvalue weighted by molar-refractivity contribution is 7.99. The van der Waals surface area contributed by atoms with Crippen LogP contribution in [0.4, 0.5) is 0 Å². The SMILES string of the molecule is CCSc1ccc(C(NC)C(CC)CNC)cc1. The monoisotopic (exact) mass is 266 g/mol. The predicted molar refractivity (Wildman–Crippen MR) is 82.3 cm³/mol. The molecule has 0 amide bonds. The molecule has 0 radical (unpaired) electrons. The summed E-state index contributed by atoms with van der Waals surface area (Å²) in [6.07, 6.45) is 1.18. The van der Waals surface area contributed by atoms with Crippen LogP contribution in [0.5, 0.6) is 0 Å². The van der Waals surface area contributed by atoms with Gasteiger partial charge in [0.1, 0.15) is 0 Å². The van der Waals surface area contributed by atoms with Crippen LogP contribution in [0.15, 0.2) is 29.2 Å². The molecule has 2 N–H and O–H groups in total. The second-order valence-corrected chi connectivity index (χ2v) is 5.83. The predicted octanol–water partition coefficient (Wildman–Crippen LogP) is 3.30. The molecule has 2 nitrogen and oxygen atoms in total. The maximum atomic E-state index is 3.46. The Morgan fingerprint density at radius 3 is 2.22 bits per heavy atom. The lowest BCUT2D eigenvalue weighted by Gasteiger charge is -2.26. The van der Waals surface area contributed by atoms with Crippen LogP contribution in [0.3, 0.4) is 0 Å². The van der Waals surface area contributed by atoms with Crippen molar-refractivity contribution in [3.8, 4) is 0 Å². The fraction of sp³-hybridized carbons (Fsp3) is 0.600. The van der Waals surface area contributed by atoms with Gasteiger partial charge in [0.15, 0.2) is 0 Å². The van der Waals surface area contributed by atoms with Crippen molar-refractivity contribution in [2.24, 2.45) is 5.92 Å². The molecule has 2 unspecified atom stereocenters. The summed E-state index contributed by atoms with van der Waals surface area (Å²) in [5.74, 6) is 1.76. The fourth-order valence-corrected chi connectivity index (χ4v) is 3.03. The van der Waals surface area contributed by atoms with Crippen LogP contribution in [-0.2, 0) is 0 Å². The molecule has 0 aliphatic heterocycles. The fourth-order valence-electron chi connectivity index (χ4n) is 2.37. The molecule has 1 rings (SSSR count). The van der Waals surface area contributed by atoms with E-state index in [1.165, 1.54) is 16.9 Å². The number of nitrogens with one attached hydrogen (secondary N) is 2. The van der Waals surface area contributed by atoms with Crippen molar-refractivity contribution < 1.29 is 0 Å². The molecular formula is C15H26N2S. The first-order valence-corrected chi connectivity index (χ1v) is 7.79. The minimum atomic E-state index is 0.433. The highest BCUT2D eigenvalue weighted by Gasteiger charge is 2.19. The van der Waals surface area contributed by atoms with E-state index in [0.717, 1.165) is 12.3 Å². The third-order valence-electron chi connectivity index (χ3n) is 3.32. The minimum absolute atomic E-state index is 0.433. The average molecular weight is 266 g/mol. The van der Waals surface area contributed by atoms with Gasteiger partial charge in [0.05, 0.1) is 0 Å². The Bertz CT molecular complexity index is 324. The molecule has 0 aliphatic carbocycles. The first-order valence-electron chi connectivity index (χ1n) is 6.81. The summed E-state index contributed by atoms with van der Waals surface area (Å²) in [6, 6.07) is 9.43. The molecule has 3 heteroatoms. The molecule has 0 fully saturated rings. The number of rotatable bonds is 8. The largest absolute Gasteiger partial charge is 0.319 e. The standard InChI is InChI=1S/C15H26N2S/c1-5-12(11-16-3)15(17-4)13-7-9-14(10-8-13)18-6-2/h7-10,12,15-17H,5-6,11H2,1-4H3. The zero-order valence-corrected chi connectivity index (χ0v) is 12.8. The first kappa shape index (κ1) is 15.5. The Morgan fingerprint density at radius 2 is 1.78 bits per heavy atom. The summed E-state index contributed by atoms with van der Waals surface area (Å²) in [7, 11) is 4.08. The van der Waals surface area contributed by atoms with Crippen LogP contribution in [-0.4, -0.2) is 26.4 Å². The molecule has 0 bridgehead atoms. The summed E-state index contributed by atoms with van der Waals surface area (Å²) in [5, 5.41) is 6.75. The molecule has 0 aliphatic rings. The van der Waals surface area contributed by atoms with Gasteiger partial charge >= 0.3 is 0 Å². The number of benzene rings is 1.